The molecule has 1 aliphatic rings. The van der Waals surface area contributed by atoms with Crippen LogP contribution in [0.5, 0.6) is 0 Å². The van der Waals surface area contributed by atoms with Gasteiger partial charge in [-0.1, -0.05) is 13.8 Å². The molecule has 1 rings (SSSR count). The van der Waals surface area contributed by atoms with Gasteiger partial charge in [0.25, 0.3) is 0 Å². The SMILES string of the molecule is CC(C)CN[C@H]1CCOC1.[HH]. The Labute approximate surface area is 64.4 Å². The lowest BCUT2D eigenvalue weighted by Gasteiger charge is -2.11. The number of hydrogen-bond acceptors (Lipinski definition) is 2. The monoisotopic (exact) mass is 145 g/mol. The molecule has 1 N–H and O–H groups in total. The molecule has 0 saturated carbocycles. The quantitative estimate of drug-likeness (QED) is 0.645. The van der Waals surface area contributed by atoms with Crippen LogP contribution >= 0.6 is 0 Å². The van der Waals surface area contributed by atoms with Crippen molar-refractivity contribution in [2.45, 2.75) is 26.3 Å². The Balaban J connectivity index is 0.000001000. The van der Waals surface area contributed by atoms with Crippen molar-refractivity contribution < 1.29 is 6.16 Å². The van der Waals surface area contributed by atoms with Gasteiger partial charge in [-0.2, -0.15) is 0 Å². The summed E-state index contributed by atoms with van der Waals surface area (Å²) in [6.07, 6.45) is 1.19. The summed E-state index contributed by atoms with van der Waals surface area (Å²) in [5.41, 5.74) is 0. The third-order valence-corrected chi connectivity index (χ3v) is 1.74. The van der Waals surface area contributed by atoms with E-state index in [1.54, 1.807) is 0 Å². The van der Waals surface area contributed by atoms with E-state index in [1.807, 2.05) is 0 Å². The Hall–Kier alpha value is -0.0800. The molecule has 1 fully saturated rings. The normalized spacial score (nSPS) is 26.1. The lowest BCUT2D eigenvalue weighted by atomic mass is 10.2. The molecule has 1 aliphatic heterocycles. The zero-order valence-corrected chi connectivity index (χ0v) is 6.89. The predicted molar refractivity (Wildman–Crippen MR) is 44.2 cm³/mol. The van der Waals surface area contributed by atoms with E-state index in [9.17, 15) is 0 Å². The number of nitrogens with one attached hydrogen (secondary N) is 1. The Morgan fingerprint density at radius 1 is 1.70 bits per heavy atom. The third kappa shape index (κ3) is 2.67. The highest BCUT2D eigenvalue weighted by Crippen LogP contribution is 2.03. The van der Waals surface area contributed by atoms with Gasteiger partial charge in [0.1, 0.15) is 0 Å². The fraction of sp³-hybridized carbons (Fsp3) is 1.00. The van der Waals surface area contributed by atoms with Gasteiger partial charge in [-0.15, -0.1) is 0 Å². The van der Waals surface area contributed by atoms with E-state index in [1.165, 1.54) is 6.42 Å². The molecule has 1 heterocycles. The van der Waals surface area contributed by atoms with E-state index in [0.29, 0.717) is 6.04 Å². The average molecular weight is 145 g/mol. The van der Waals surface area contributed by atoms with Gasteiger partial charge in [-0.25, -0.2) is 0 Å². The largest absolute Gasteiger partial charge is 0.380 e. The summed E-state index contributed by atoms with van der Waals surface area (Å²) in [6, 6.07) is 0.627. The summed E-state index contributed by atoms with van der Waals surface area (Å²) in [6.45, 7) is 7.42. The molecule has 1 saturated heterocycles. The standard InChI is InChI=1S/C8H17NO.H2/c1-7(2)5-9-8-3-4-10-6-8;/h7-9H,3-6H2,1-2H3;1H/t8-;/m0./s1. The van der Waals surface area contributed by atoms with Crippen molar-refractivity contribution in [1.82, 2.24) is 5.32 Å². The first kappa shape index (κ1) is 8.02. The molecule has 0 unspecified atom stereocenters. The maximum atomic E-state index is 5.23. The summed E-state index contributed by atoms with van der Waals surface area (Å²) in [4.78, 5) is 0. The van der Waals surface area contributed by atoms with Gasteiger partial charge in [0.05, 0.1) is 6.61 Å². The molecule has 0 amide bonds. The highest BCUT2D eigenvalue weighted by Gasteiger charge is 2.14. The van der Waals surface area contributed by atoms with Gasteiger partial charge in [0, 0.05) is 14.1 Å². The molecule has 1 atom stereocenters. The minimum absolute atomic E-state index is 0. The highest BCUT2D eigenvalue weighted by molar-refractivity contribution is 4.71. The van der Waals surface area contributed by atoms with Gasteiger partial charge in [0.2, 0.25) is 0 Å². The molecule has 0 radical (unpaired) electrons. The fourth-order valence-electron chi connectivity index (χ4n) is 1.10. The van der Waals surface area contributed by atoms with Gasteiger partial charge in [0.15, 0.2) is 0 Å². The molecular weight excluding hydrogens is 126 g/mol. The molecule has 2 heteroatoms. The topological polar surface area (TPSA) is 21.3 Å². The Bertz CT molecular complexity index is 92.1. The molecule has 10 heavy (non-hydrogen) atoms. The summed E-state index contributed by atoms with van der Waals surface area (Å²) in [5.74, 6) is 0.751. The zero-order chi connectivity index (χ0) is 7.40. The Morgan fingerprint density at radius 2 is 2.50 bits per heavy atom. The van der Waals surface area contributed by atoms with Gasteiger partial charge < -0.3 is 10.1 Å². The van der Waals surface area contributed by atoms with Crippen molar-refractivity contribution in [3.05, 3.63) is 0 Å². The zero-order valence-electron chi connectivity index (χ0n) is 6.89. The van der Waals surface area contributed by atoms with Crippen LogP contribution in [0, 0.1) is 5.92 Å². The van der Waals surface area contributed by atoms with Crippen LogP contribution in [0.3, 0.4) is 0 Å². The molecule has 0 spiro atoms. The van der Waals surface area contributed by atoms with Crippen LogP contribution in [-0.4, -0.2) is 25.8 Å². The van der Waals surface area contributed by atoms with E-state index in [2.05, 4.69) is 19.2 Å². The number of hydrogen-bond donors (Lipinski definition) is 1. The van der Waals surface area contributed by atoms with Crippen molar-refractivity contribution in [3.63, 3.8) is 0 Å². The lowest BCUT2D eigenvalue weighted by Crippen LogP contribution is -2.32. The smallest absolute Gasteiger partial charge is 0.0620 e. The minimum atomic E-state index is 0. The fourth-order valence-corrected chi connectivity index (χ4v) is 1.10. The molecule has 0 aliphatic carbocycles. The van der Waals surface area contributed by atoms with Crippen molar-refractivity contribution in [2.24, 2.45) is 5.92 Å². The second-order valence-electron chi connectivity index (χ2n) is 3.36. The van der Waals surface area contributed by atoms with Crippen LogP contribution in [0.2, 0.25) is 0 Å². The molecule has 2 nitrogen and oxygen atoms in total. The second kappa shape index (κ2) is 3.94. The summed E-state index contributed by atoms with van der Waals surface area (Å²) in [7, 11) is 0. The average Bonchev–Trinajstić information content (AvgIpc) is 2.34. The first-order chi connectivity index (χ1) is 4.79. The predicted octanol–water partition coefficient (Wildman–Crippen LogP) is 1.27. The van der Waals surface area contributed by atoms with Crippen LogP contribution in [-0.2, 0) is 4.74 Å². The number of rotatable bonds is 3. The lowest BCUT2D eigenvalue weighted by molar-refractivity contribution is 0.189. The van der Waals surface area contributed by atoms with E-state index >= 15 is 0 Å². The molecular formula is C8H19NO. The Morgan fingerprint density at radius 3 is 3.00 bits per heavy atom. The first-order valence-electron chi connectivity index (χ1n) is 4.10. The van der Waals surface area contributed by atoms with E-state index < -0.39 is 0 Å². The maximum Gasteiger partial charge on any atom is 0.0620 e. The minimum Gasteiger partial charge on any atom is -0.380 e. The maximum absolute atomic E-state index is 5.23. The summed E-state index contributed by atoms with van der Waals surface area (Å²) >= 11 is 0. The van der Waals surface area contributed by atoms with Gasteiger partial charge >= 0.3 is 0 Å². The van der Waals surface area contributed by atoms with E-state index in [-0.39, 0.29) is 1.43 Å². The van der Waals surface area contributed by atoms with E-state index in [0.717, 1.165) is 25.7 Å². The van der Waals surface area contributed by atoms with Crippen molar-refractivity contribution >= 4 is 0 Å². The van der Waals surface area contributed by atoms with Crippen molar-refractivity contribution in [3.8, 4) is 0 Å². The molecule has 0 aromatic rings. The van der Waals surface area contributed by atoms with Crippen molar-refractivity contribution in [1.29, 1.82) is 0 Å². The van der Waals surface area contributed by atoms with Gasteiger partial charge in [-0.05, 0) is 18.9 Å². The molecule has 0 aromatic heterocycles. The first-order valence-corrected chi connectivity index (χ1v) is 4.10. The molecule has 0 aromatic carbocycles. The van der Waals surface area contributed by atoms with Crippen LogP contribution in [0.1, 0.15) is 21.7 Å². The van der Waals surface area contributed by atoms with Crippen LogP contribution in [0.4, 0.5) is 0 Å². The van der Waals surface area contributed by atoms with Crippen LogP contribution in [0.25, 0.3) is 0 Å². The van der Waals surface area contributed by atoms with E-state index in [4.69, 9.17) is 4.74 Å². The molecule has 0 bridgehead atoms. The molecule has 62 valence electrons. The number of ether oxygens (including phenoxy) is 1. The highest BCUT2D eigenvalue weighted by atomic mass is 16.5. The second-order valence-corrected chi connectivity index (χ2v) is 3.36. The van der Waals surface area contributed by atoms with Gasteiger partial charge in [-0.3, -0.25) is 0 Å². The van der Waals surface area contributed by atoms with Crippen LogP contribution in [0.15, 0.2) is 0 Å². The third-order valence-electron chi connectivity index (χ3n) is 1.74. The Kier molecular flexibility index (Phi) is 3.16. The summed E-state index contributed by atoms with van der Waals surface area (Å²) < 4.78 is 5.23. The van der Waals surface area contributed by atoms with Crippen molar-refractivity contribution in [2.75, 3.05) is 19.8 Å². The summed E-state index contributed by atoms with van der Waals surface area (Å²) in [5, 5.41) is 3.46. The van der Waals surface area contributed by atoms with Crippen LogP contribution < -0.4 is 5.32 Å².